The minimum absolute atomic E-state index is 0.0427. The number of nitro benzene ring substituents is 1. The highest BCUT2D eigenvalue weighted by molar-refractivity contribution is 5.73. The third-order valence-electron chi connectivity index (χ3n) is 4.12. The zero-order valence-electron chi connectivity index (χ0n) is 15.3. The second kappa shape index (κ2) is 9.45. The van der Waals surface area contributed by atoms with Crippen molar-refractivity contribution in [1.29, 1.82) is 0 Å². The van der Waals surface area contributed by atoms with Crippen LogP contribution in [-0.4, -0.2) is 43.8 Å². The largest absolute Gasteiger partial charge is 0.486 e. The van der Waals surface area contributed by atoms with Crippen molar-refractivity contribution in [3.63, 3.8) is 0 Å². The molecular weight excluding hydrogens is 364 g/mol. The predicted molar refractivity (Wildman–Crippen MR) is 104 cm³/mol. The van der Waals surface area contributed by atoms with Crippen LogP contribution in [0.25, 0.3) is 0 Å². The SMILES string of the molecule is O=C(NCCNc1ccc([N+](=O)[O-])cc1)NCCc1ccc2c(c1)OCCO2. The number of hydrogen-bond donors (Lipinski definition) is 3. The number of benzene rings is 2. The lowest BCUT2D eigenvalue weighted by Crippen LogP contribution is -2.38. The zero-order chi connectivity index (χ0) is 19.8. The second-order valence-corrected chi connectivity index (χ2v) is 6.14. The summed E-state index contributed by atoms with van der Waals surface area (Å²) in [6.07, 6.45) is 0.686. The van der Waals surface area contributed by atoms with E-state index in [9.17, 15) is 14.9 Å². The van der Waals surface area contributed by atoms with Gasteiger partial charge in [-0.05, 0) is 36.2 Å². The van der Waals surface area contributed by atoms with E-state index in [-0.39, 0.29) is 11.7 Å². The highest BCUT2D eigenvalue weighted by Gasteiger charge is 2.11. The number of amides is 2. The van der Waals surface area contributed by atoms with Crippen LogP contribution in [0.15, 0.2) is 42.5 Å². The molecule has 0 saturated carbocycles. The molecule has 2 aromatic rings. The highest BCUT2D eigenvalue weighted by Crippen LogP contribution is 2.30. The summed E-state index contributed by atoms with van der Waals surface area (Å²) in [6, 6.07) is 11.7. The first-order valence-corrected chi connectivity index (χ1v) is 9.00. The summed E-state index contributed by atoms with van der Waals surface area (Å²) in [5, 5.41) is 19.3. The normalized spacial score (nSPS) is 12.1. The third kappa shape index (κ3) is 5.50. The predicted octanol–water partition coefficient (Wildman–Crippen LogP) is 2.32. The number of ether oxygens (including phenoxy) is 2. The first kappa shape index (κ1) is 19.3. The molecule has 1 heterocycles. The van der Waals surface area contributed by atoms with Gasteiger partial charge in [-0.2, -0.15) is 0 Å². The summed E-state index contributed by atoms with van der Waals surface area (Å²) in [4.78, 5) is 22.0. The van der Waals surface area contributed by atoms with Gasteiger partial charge in [0.15, 0.2) is 11.5 Å². The molecule has 9 nitrogen and oxygen atoms in total. The molecule has 0 fully saturated rings. The number of hydrogen-bond acceptors (Lipinski definition) is 6. The molecular formula is C19H22N4O5. The number of rotatable bonds is 8. The van der Waals surface area contributed by atoms with Gasteiger partial charge in [0, 0.05) is 37.5 Å². The van der Waals surface area contributed by atoms with Gasteiger partial charge in [-0.25, -0.2) is 4.79 Å². The van der Waals surface area contributed by atoms with Crippen molar-refractivity contribution in [1.82, 2.24) is 10.6 Å². The van der Waals surface area contributed by atoms with Crippen LogP contribution < -0.4 is 25.4 Å². The number of nitro groups is 1. The Morgan fingerprint density at radius 3 is 2.43 bits per heavy atom. The van der Waals surface area contributed by atoms with Gasteiger partial charge in [-0.1, -0.05) is 6.07 Å². The molecule has 0 spiro atoms. The van der Waals surface area contributed by atoms with E-state index >= 15 is 0 Å². The van der Waals surface area contributed by atoms with Crippen LogP contribution in [0.1, 0.15) is 5.56 Å². The van der Waals surface area contributed by atoms with E-state index in [2.05, 4.69) is 16.0 Å². The molecule has 3 N–H and O–H groups in total. The Bertz CT molecular complexity index is 826. The van der Waals surface area contributed by atoms with Crippen LogP contribution in [0, 0.1) is 10.1 Å². The first-order chi connectivity index (χ1) is 13.6. The van der Waals surface area contributed by atoms with E-state index in [4.69, 9.17) is 9.47 Å². The number of fused-ring (bicyclic) bond motifs is 1. The number of non-ortho nitro benzene ring substituents is 1. The lowest BCUT2D eigenvalue weighted by atomic mass is 10.1. The van der Waals surface area contributed by atoms with Gasteiger partial charge in [-0.3, -0.25) is 10.1 Å². The summed E-state index contributed by atoms with van der Waals surface area (Å²) >= 11 is 0. The average molecular weight is 386 g/mol. The van der Waals surface area contributed by atoms with E-state index in [0.717, 1.165) is 22.7 Å². The molecule has 0 atom stereocenters. The van der Waals surface area contributed by atoms with Crippen LogP contribution in [0.2, 0.25) is 0 Å². The molecule has 0 aliphatic carbocycles. The topological polar surface area (TPSA) is 115 Å². The minimum Gasteiger partial charge on any atom is -0.486 e. The molecule has 2 amide bonds. The Labute approximate surface area is 162 Å². The van der Waals surface area contributed by atoms with Crippen LogP contribution in [0.4, 0.5) is 16.2 Å². The van der Waals surface area contributed by atoms with Gasteiger partial charge in [0.1, 0.15) is 13.2 Å². The van der Waals surface area contributed by atoms with Gasteiger partial charge in [0.2, 0.25) is 0 Å². The Kier molecular flexibility index (Phi) is 6.50. The minimum atomic E-state index is -0.444. The molecule has 2 aromatic carbocycles. The Hall–Kier alpha value is -3.49. The van der Waals surface area contributed by atoms with Gasteiger partial charge in [-0.15, -0.1) is 0 Å². The molecule has 28 heavy (non-hydrogen) atoms. The molecule has 148 valence electrons. The molecule has 3 rings (SSSR count). The van der Waals surface area contributed by atoms with Crippen molar-refractivity contribution >= 4 is 17.4 Å². The molecule has 1 aliphatic rings. The molecule has 0 aromatic heterocycles. The second-order valence-electron chi connectivity index (χ2n) is 6.14. The van der Waals surface area contributed by atoms with Crippen molar-refractivity contribution in [2.45, 2.75) is 6.42 Å². The van der Waals surface area contributed by atoms with Crippen LogP contribution >= 0.6 is 0 Å². The number of nitrogens with zero attached hydrogens (tertiary/aromatic N) is 1. The van der Waals surface area contributed by atoms with Crippen LogP contribution in [-0.2, 0) is 6.42 Å². The molecule has 0 bridgehead atoms. The molecule has 0 saturated heterocycles. The summed E-state index contributed by atoms with van der Waals surface area (Å²) in [5.74, 6) is 1.49. The molecule has 1 aliphatic heterocycles. The molecule has 0 radical (unpaired) electrons. The van der Waals surface area contributed by atoms with Crippen molar-refractivity contribution in [2.24, 2.45) is 0 Å². The summed E-state index contributed by atoms with van der Waals surface area (Å²) in [7, 11) is 0. The lowest BCUT2D eigenvalue weighted by molar-refractivity contribution is -0.384. The number of urea groups is 1. The van der Waals surface area contributed by atoms with Gasteiger partial charge >= 0.3 is 6.03 Å². The Morgan fingerprint density at radius 1 is 0.964 bits per heavy atom. The number of anilines is 1. The monoisotopic (exact) mass is 386 g/mol. The fraction of sp³-hybridized carbons (Fsp3) is 0.316. The molecule has 0 unspecified atom stereocenters. The van der Waals surface area contributed by atoms with Gasteiger partial charge in [0.25, 0.3) is 5.69 Å². The maximum absolute atomic E-state index is 11.8. The van der Waals surface area contributed by atoms with Crippen molar-refractivity contribution in [3.05, 3.63) is 58.1 Å². The van der Waals surface area contributed by atoms with Crippen molar-refractivity contribution in [2.75, 3.05) is 38.2 Å². The number of nitrogens with one attached hydrogen (secondary N) is 3. The molecule has 9 heteroatoms. The summed E-state index contributed by atoms with van der Waals surface area (Å²) in [6.45, 7) is 2.54. The van der Waals surface area contributed by atoms with Crippen LogP contribution in [0.3, 0.4) is 0 Å². The van der Waals surface area contributed by atoms with E-state index < -0.39 is 4.92 Å². The fourth-order valence-electron chi connectivity index (χ4n) is 2.71. The van der Waals surface area contributed by atoms with E-state index in [1.165, 1.54) is 12.1 Å². The van der Waals surface area contributed by atoms with E-state index in [0.29, 0.717) is 39.3 Å². The average Bonchev–Trinajstić information content (AvgIpc) is 2.71. The van der Waals surface area contributed by atoms with Gasteiger partial charge in [0.05, 0.1) is 4.92 Å². The smallest absolute Gasteiger partial charge is 0.314 e. The summed E-state index contributed by atoms with van der Waals surface area (Å²) in [5.41, 5.74) is 1.86. The quantitative estimate of drug-likeness (QED) is 0.364. The number of carbonyl (C=O) groups is 1. The Balaban J connectivity index is 1.31. The van der Waals surface area contributed by atoms with E-state index in [1.807, 2.05) is 18.2 Å². The highest BCUT2D eigenvalue weighted by atomic mass is 16.6. The number of carbonyl (C=O) groups excluding carboxylic acids is 1. The van der Waals surface area contributed by atoms with Gasteiger partial charge < -0.3 is 25.4 Å². The van der Waals surface area contributed by atoms with Crippen molar-refractivity contribution < 1.29 is 19.2 Å². The third-order valence-corrected chi connectivity index (χ3v) is 4.12. The first-order valence-electron chi connectivity index (χ1n) is 9.00. The standard InChI is InChI=1S/C19H22N4O5/c24-19(22-10-9-20-15-2-4-16(5-3-15)23(25)26)21-8-7-14-1-6-17-18(13-14)28-12-11-27-17/h1-6,13,20H,7-12H2,(H2,21,22,24). The maximum Gasteiger partial charge on any atom is 0.314 e. The summed E-state index contributed by atoms with van der Waals surface area (Å²) < 4.78 is 11.0. The lowest BCUT2D eigenvalue weighted by Gasteiger charge is -2.18. The van der Waals surface area contributed by atoms with Crippen molar-refractivity contribution in [3.8, 4) is 11.5 Å². The van der Waals surface area contributed by atoms with E-state index in [1.54, 1.807) is 12.1 Å². The maximum atomic E-state index is 11.8. The van der Waals surface area contributed by atoms with Crippen LogP contribution in [0.5, 0.6) is 11.5 Å². The Morgan fingerprint density at radius 2 is 1.68 bits per heavy atom. The fourth-order valence-corrected chi connectivity index (χ4v) is 2.71. The zero-order valence-corrected chi connectivity index (χ0v) is 15.3.